The molecule has 1 amide bonds. The summed E-state index contributed by atoms with van der Waals surface area (Å²) in [5.74, 6) is 0.133. The highest BCUT2D eigenvalue weighted by atomic mass is 16.2. The van der Waals surface area contributed by atoms with Crippen molar-refractivity contribution in [3.8, 4) is 0 Å². The minimum atomic E-state index is -0.659. The van der Waals surface area contributed by atoms with E-state index in [1.54, 1.807) is 0 Å². The number of carbonyl (C=O) groups excluding carboxylic acids is 1. The normalized spacial score (nSPS) is 22.9. The predicted octanol–water partition coefficient (Wildman–Crippen LogP) is 1.06. The molecule has 0 aromatic heterocycles. The van der Waals surface area contributed by atoms with Gasteiger partial charge in [-0.05, 0) is 26.3 Å². The Kier molecular flexibility index (Phi) is 4.95. The molecule has 1 atom stereocenters. The molecular weight excluding hydrogens is 214 g/mol. The van der Waals surface area contributed by atoms with Crippen LogP contribution in [-0.4, -0.2) is 54.0 Å². The molecule has 1 heterocycles. The molecule has 4 heteroatoms. The third-order valence-electron chi connectivity index (χ3n) is 4.22. The highest BCUT2D eigenvalue weighted by Crippen LogP contribution is 2.19. The minimum absolute atomic E-state index is 0.133. The average molecular weight is 241 g/mol. The van der Waals surface area contributed by atoms with E-state index in [1.165, 1.54) is 0 Å². The number of carbonyl (C=O) groups is 1. The molecule has 4 nitrogen and oxygen atoms in total. The Morgan fingerprint density at radius 3 is 2.35 bits per heavy atom. The molecule has 0 saturated carbocycles. The summed E-state index contributed by atoms with van der Waals surface area (Å²) in [6.45, 7) is 8.75. The van der Waals surface area contributed by atoms with Crippen molar-refractivity contribution in [2.45, 2.75) is 51.6 Å². The van der Waals surface area contributed by atoms with Gasteiger partial charge in [-0.1, -0.05) is 20.8 Å². The third kappa shape index (κ3) is 2.99. The molecule has 0 aromatic carbocycles. The van der Waals surface area contributed by atoms with Crippen LogP contribution in [0, 0.1) is 0 Å². The van der Waals surface area contributed by atoms with Crippen molar-refractivity contribution in [1.82, 2.24) is 9.80 Å². The number of amides is 1. The van der Waals surface area contributed by atoms with E-state index < -0.39 is 5.54 Å². The van der Waals surface area contributed by atoms with Gasteiger partial charge in [-0.3, -0.25) is 9.69 Å². The number of likely N-dealkylation sites (N-methyl/N-ethyl adjacent to an activating group) is 1. The van der Waals surface area contributed by atoms with Crippen molar-refractivity contribution in [3.63, 3.8) is 0 Å². The molecule has 1 fully saturated rings. The van der Waals surface area contributed by atoms with Crippen molar-refractivity contribution >= 4 is 5.91 Å². The topological polar surface area (TPSA) is 49.6 Å². The summed E-state index contributed by atoms with van der Waals surface area (Å²) >= 11 is 0. The van der Waals surface area contributed by atoms with E-state index in [9.17, 15) is 4.79 Å². The van der Waals surface area contributed by atoms with E-state index in [-0.39, 0.29) is 5.91 Å². The lowest BCUT2D eigenvalue weighted by molar-refractivity contribution is -0.140. The summed E-state index contributed by atoms with van der Waals surface area (Å²) in [5, 5.41) is 0. The molecule has 1 unspecified atom stereocenters. The molecule has 1 aliphatic rings. The van der Waals surface area contributed by atoms with Crippen LogP contribution >= 0.6 is 0 Å². The number of nitrogens with zero attached hydrogens (tertiary/aromatic N) is 2. The number of piperazine rings is 1. The van der Waals surface area contributed by atoms with Crippen molar-refractivity contribution in [1.29, 1.82) is 0 Å². The fraction of sp³-hybridized carbons (Fsp3) is 0.923. The predicted molar refractivity (Wildman–Crippen MR) is 70.8 cm³/mol. The van der Waals surface area contributed by atoms with E-state index in [4.69, 9.17) is 5.73 Å². The Morgan fingerprint density at radius 2 is 1.88 bits per heavy atom. The Balaban J connectivity index is 2.70. The summed E-state index contributed by atoms with van der Waals surface area (Å²) in [6, 6.07) is 0.477. The second-order valence-corrected chi connectivity index (χ2v) is 5.16. The molecule has 0 radical (unpaired) electrons. The smallest absolute Gasteiger partial charge is 0.242 e. The van der Waals surface area contributed by atoms with Crippen LogP contribution in [0.5, 0.6) is 0 Å². The highest BCUT2D eigenvalue weighted by Gasteiger charge is 2.36. The lowest BCUT2D eigenvalue weighted by atomic mass is 9.91. The minimum Gasteiger partial charge on any atom is -0.338 e. The van der Waals surface area contributed by atoms with Crippen LogP contribution < -0.4 is 5.73 Å². The van der Waals surface area contributed by atoms with Crippen LogP contribution in [0.3, 0.4) is 0 Å². The molecule has 17 heavy (non-hydrogen) atoms. The third-order valence-corrected chi connectivity index (χ3v) is 4.22. The average Bonchev–Trinajstić information content (AvgIpc) is 2.37. The van der Waals surface area contributed by atoms with Gasteiger partial charge in [-0.2, -0.15) is 0 Å². The Morgan fingerprint density at radius 1 is 1.29 bits per heavy atom. The highest BCUT2D eigenvalue weighted by molar-refractivity contribution is 5.86. The Labute approximate surface area is 105 Å². The second kappa shape index (κ2) is 5.83. The van der Waals surface area contributed by atoms with Crippen LogP contribution in [0.2, 0.25) is 0 Å². The zero-order valence-corrected chi connectivity index (χ0v) is 11.7. The Hall–Kier alpha value is -0.610. The zero-order chi connectivity index (χ0) is 13.1. The summed E-state index contributed by atoms with van der Waals surface area (Å²) < 4.78 is 0. The second-order valence-electron chi connectivity index (χ2n) is 5.16. The van der Waals surface area contributed by atoms with Crippen molar-refractivity contribution in [2.24, 2.45) is 5.73 Å². The lowest BCUT2D eigenvalue weighted by Crippen LogP contribution is -2.61. The fourth-order valence-electron chi connectivity index (χ4n) is 2.44. The van der Waals surface area contributed by atoms with Gasteiger partial charge in [-0.15, -0.1) is 0 Å². The molecular formula is C13H27N3O. The summed E-state index contributed by atoms with van der Waals surface area (Å²) in [6.07, 6.45) is 2.51. The van der Waals surface area contributed by atoms with E-state index in [2.05, 4.69) is 18.9 Å². The maximum Gasteiger partial charge on any atom is 0.242 e. The largest absolute Gasteiger partial charge is 0.338 e. The number of hydrogen-bond acceptors (Lipinski definition) is 3. The molecule has 100 valence electrons. The van der Waals surface area contributed by atoms with Crippen LogP contribution in [0.1, 0.15) is 40.0 Å². The van der Waals surface area contributed by atoms with Crippen LogP contribution in [0.25, 0.3) is 0 Å². The van der Waals surface area contributed by atoms with Gasteiger partial charge in [0.05, 0.1) is 5.54 Å². The van der Waals surface area contributed by atoms with E-state index in [0.29, 0.717) is 18.9 Å². The van der Waals surface area contributed by atoms with Gasteiger partial charge in [0.25, 0.3) is 0 Å². The van der Waals surface area contributed by atoms with Gasteiger partial charge in [0, 0.05) is 25.7 Å². The van der Waals surface area contributed by atoms with Crippen LogP contribution in [0.15, 0.2) is 0 Å². The zero-order valence-electron chi connectivity index (χ0n) is 11.7. The van der Waals surface area contributed by atoms with Gasteiger partial charge in [0.15, 0.2) is 0 Å². The molecule has 0 bridgehead atoms. The summed E-state index contributed by atoms with van der Waals surface area (Å²) in [5.41, 5.74) is 5.53. The number of rotatable bonds is 4. The Bertz CT molecular complexity index is 263. The standard InChI is InChI=1S/C13H27N3O/c1-5-11-10-16(9-8-15(11)4)12(17)13(14,6-2)7-3/h11H,5-10,14H2,1-4H3. The quantitative estimate of drug-likeness (QED) is 0.800. The van der Waals surface area contributed by atoms with E-state index in [0.717, 1.165) is 26.1 Å². The first-order valence-corrected chi connectivity index (χ1v) is 6.77. The van der Waals surface area contributed by atoms with Crippen LogP contribution in [-0.2, 0) is 4.79 Å². The first kappa shape index (κ1) is 14.5. The van der Waals surface area contributed by atoms with E-state index >= 15 is 0 Å². The molecule has 1 rings (SSSR count). The van der Waals surface area contributed by atoms with Gasteiger partial charge < -0.3 is 10.6 Å². The maximum atomic E-state index is 12.4. The SMILES string of the molecule is CCC1CN(C(=O)C(N)(CC)CC)CCN1C. The van der Waals surface area contributed by atoms with Crippen molar-refractivity contribution in [2.75, 3.05) is 26.7 Å². The number of nitrogens with two attached hydrogens (primary N) is 1. The fourth-order valence-corrected chi connectivity index (χ4v) is 2.44. The molecule has 0 spiro atoms. The summed E-state index contributed by atoms with van der Waals surface area (Å²) in [4.78, 5) is 16.7. The molecule has 0 aliphatic carbocycles. The van der Waals surface area contributed by atoms with Crippen LogP contribution in [0.4, 0.5) is 0 Å². The van der Waals surface area contributed by atoms with Gasteiger partial charge in [0.2, 0.25) is 5.91 Å². The van der Waals surface area contributed by atoms with Gasteiger partial charge in [-0.25, -0.2) is 0 Å². The lowest BCUT2D eigenvalue weighted by Gasteiger charge is -2.42. The maximum absolute atomic E-state index is 12.4. The number of hydrogen-bond donors (Lipinski definition) is 1. The molecule has 0 aromatic rings. The van der Waals surface area contributed by atoms with Gasteiger partial charge >= 0.3 is 0 Å². The molecule has 2 N–H and O–H groups in total. The van der Waals surface area contributed by atoms with Crippen molar-refractivity contribution in [3.05, 3.63) is 0 Å². The van der Waals surface area contributed by atoms with Crippen molar-refractivity contribution < 1.29 is 4.79 Å². The monoisotopic (exact) mass is 241 g/mol. The van der Waals surface area contributed by atoms with E-state index in [1.807, 2.05) is 18.7 Å². The first-order chi connectivity index (χ1) is 7.98. The van der Waals surface area contributed by atoms with Gasteiger partial charge in [0.1, 0.15) is 0 Å². The first-order valence-electron chi connectivity index (χ1n) is 6.77. The molecule has 1 saturated heterocycles. The molecule has 1 aliphatic heterocycles. The summed E-state index contributed by atoms with van der Waals surface area (Å²) in [7, 11) is 2.13.